The van der Waals surface area contributed by atoms with E-state index in [1.54, 1.807) is 17.3 Å². The molecule has 1 heterocycles. The highest BCUT2D eigenvalue weighted by Crippen LogP contribution is 2.29. The molecule has 21 heavy (non-hydrogen) atoms. The van der Waals surface area contributed by atoms with E-state index in [9.17, 15) is 0 Å². The molecule has 1 saturated carbocycles. The lowest BCUT2D eigenvalue weighted by molar-refractivity contribution is 0.208. The minimum absolute atomic E-state index is 0.150. The first-order valence-electron chi connectivity index (χ1n) is 7.48. The second-order valence-corrected chi connectivity index (χ2v) is 6.63. The van der Waals surface area contributed by atoms with Crippen molar-refractivity contribution in [2.24, 2.45) is 5.73 Å². The maximum atomic E-state index is 6.18. The van der Waals surface area contributed by atoms with E-state index in [4.69, 9.17) is 5.73 Å². The highest BCUT2D eigenvalue weighted by Gasteiger charge is 2.31. The molecule has 112 valence electrons. The third-order valence-electron chi connectivity index (χ3n) is 3.68. The molecule has 0 unspecified atom stereocenters. The van der Waals surface area contributed by atoms with Gasteiger partial charge in [0.2, 0.25) is 0 Å². The Kier molecular flexibility index (Phi) is 3.78. The van der Waals surface area contributed by atoms with Crippen molar-refractivity contribution in [2.75, 3.05) is 6.54 Å². The first kappa shape index (κ1) is 14.2. The van der Waals surface area contributed by atoms with Crippen LogP contribution in [0.25, 0.3) is 5.69 Å². The highest BCUT2D eigenvalue weighted by atomic mass is 15.3. The SMILES string of the molecule is CC(C)(N)CN(Cc1ccc(-n2cncn2)cc1)C1CC1. The second-order valence-electron chi connectivity index (χ2n) is 6.63. The summed E-state index contributed by atoms with van der Waals surface area (Å²) < 4.78 is 1.77. The van der Waals surface area contributed by atoms with Crippen LogP contribution in [0.3, 0.4) is 0 Å². The first-order chi connectivity index (χ1) is 10.0. The predicted molar refractivity (Wildman–Crippen MR) is 83.1 cm³/mol. The van der Waals surface area contributed by atoms with E-state index >= 15 is 0 Å². The van der Waals surface area contributed by atoms with Crippen molar-refractivity contribution in [3.8, 4) is 5.69 Å². The molecule has 1 aliphatic rings. The summed E-state index contributed by atoms with van der Waals surface area (Å²) in [6, 6.07) is 9.21. The van der Waals surface area contributed by atoms with Crippen LogP contribution in [0.1, 0.15) is 32.3 Å². The van der Waals surface area contributed by atoms with Crippen molar-refractivity contribution in [1.82, 2.24) is 19.7 Å². The Morgan fingerprint density at radius 1 is 1.29 bits per heavy atom. The topological polar surface area (TPSA) is 60.0 Å². The molecule has 5 heteroatoms. The number of rotatable bonds is 6. The Morgan fingerprint density at radius 2 is 2.00 bits per heavy atom. The van der Waals surface area contributed by atoms with E-state index in [1.807, 2.05) is 0 Å². The summed E-state index contributed by atoms with van der Waals surface area (Å²) >= 11 is 0. The van der Waals surface area contributed by atoms with Gasteiger partial charge in [-0.15, -0.1) is 0 Å². The number of nitrogens with two attached hydrogens (primary N) is 1. The molecule has 1 fully saturated rings. The molecule has 3 rings (SSSR count). The van der Waals surface area contributed by atoms with E-state index in [0.29, 0.717) is 6.04 Å². The van der Waals surface area contributed by atoms with Gasteiger partial charge in [-0.05, 0) is 44.4 Å². The molecule has 2 aromatic rings. The molecule has 2 N–H and O–H groups in total. The van der Waals surface area contributed by atoms with Crippen LogP contribution in [0.2, 0.25) is 0 Å². The fraction of sp³-hybridized carbons (Fsp3) is 0.500. The van der Waals surface area contributed by atoms with Crippen molar-refractivity contribution in [2.45, 2.75) is 44.8 Å². The zero-order chi connectivity index (χ0) is 14.9. The van der Waals surface area contributed by atoms with E-state index in [0.717, 1.165) is 18.8 Å². The summed E-state index contributed by atoms with van der Waals surface area (Å²) in [6.45, 7) is 6.08. The number of aromatic nitrogens is 3. The van der Waals surface area contributed by atoms with E-state index in [-0.39, 0.29) is 5.54 Å². The van der Waals surface area contributed by atoms with Crippen molar-refractivity contribution in [3.05, 3.63) is 42.5 Å². The van der Waals surface area contributed by atoms with Gasteiger partial charge >= 0.3 is 0 Å². The Labute approximate surface area is 125 Å². The van der Waals surface area contributed by atoms with Crippen LogP contribution in [0.5, 0.6) is 0 Å². The predicted octanol–water partition coefficient (Wildman–Crippen LogP) is 1.97. The summed E-state index contributed by atoms with van der Waals surface area (Å²) in [5.74, 6) is 0. The molecular weight excluding hydrogens is 262 g/mol. The Morgan fingerprint density at radius 3 is 2.52 bits per heavy atom. The lowest BCUT2D eigenvalue weighted by atomic mass is 10.1. The molecule has 1 aliphatic carbocycles. The summed E-state index contributed by atoms with van der Waals surface area (Å²) in [5, 5.41) is 4.14. The molecule has 5 nitrogen and oxygen atoms in total. The van der Waals surface area contributed by atoms with Gasteiger partial charge in [-0.1, -0.05) is 12.1 Å². The van der Waals surface area contributed by atoms with Crippen molar-refractivity contribution in [3.63, 3.8) is 0 Å². The Hall–Kier alpha value is -1.72. The van der Waals surface area contributed by atoms with Gasteiger partial charge in [0.1, 0.15) is 12.7 Å². The van der Waals surface area contributed by atoms with Crippen LogP contribution in [-0.2, 0) is 6.54 Å². The largest absolute Gasteiger partial charge is 0.324 e. The molecule has 0 spiro atoms. The standard InChI is InChI=1S/C16H23N5/c1-16(2,17)10-20(14-7-8-14)9-13-3-5-15(6-4-13)21-12-18-11-19-21/h3-6,11-12,14H,7-10,17H2,1-2H3. The van der Waals surface area contributed by atoms with E-state index in [1.165, 1.54) is 18.4 Å². The molecule has 0 atom stereocenters. The van der Waals surface area contributed by atoms with Crippen LogP contribution in [0, 0.1) is 0 Å². The number of benzene rings is 1. The summed E-state index contributed by atoms with van der Waals surface area (Å²) in [6.07, 6.45) is 5.86. The van der Waals surface area contributed by atoms with Gasteiger partial charge in [0, 0.05) is 24.7 Å². The van der Waals surface area contributed by atoms with E-state index in [2.05, 4.69) is 53.1 Å². The average molecular weight is 285 g/mol. The fourth-order valence-electron chi connectivity index (χ4n) is 2.61. The van der Waals surface area contributed by atoms with Gasteiger partial charge < -0.3 is 5.73 Å². The third kappa shape index (κ3) is 3.89. The fourth-order valence-corrected chi connectivity index (χ4v) is 2.61. The number of hydrogen-bond acceptors (Lipinski definition) is 4. The average Bonchev–Trinajstić information content (AvgIpc) is 3.13. The normalized spacial score (nSPS) is 15.6. The van der Waals surface area contributed by atoms with Crippen LogP contribution >= 0.6 is 0 Å². The monoisotopic (exact) mass is 285 g/mol. The first-order valence-corrected chi connectivity index (χ1v) is 7.48. The number of nitrogens with zero attached hydrogens (tertiary/aromatic N) is 4. The molecule has 1 aromatic heterocycles. The third-order valence-corrected chi connectivity index (χ3v) is 3.68. The summed E-state index contributed by atoms with van der Waals surface area (Å²) in [7, 11) is 0. The van der Waals surface area contributed by atoms with Crippen LogP contribution in [-0.4, -0.2) is 37.8 Å². The van der Waals surface area contributed by atoms with E-state index < -0.39 is 0 Å². The second kappa shape index (κ2) is 5.58. The molecule has 0 radical (unpaired) electrons. The van der Waals surface area contributed by atoms with Gasteiger partial charge in [-0.3, -0.25) is 4.90 Å². The van der Waals surface area contributed by atoms with Gasteiger partial charge in [0.25, 0.3) is 0 Å². The minimum Gasteiger partial charge on any atom is -0.324 e. The maximum absolute atomic E-state index is 6.18. The van der Waals surface area contributed by atoms with Crippen LogP contribution in [0.4, 0.5) is 0 Å². The lowest BCUT2D eigenvalue weighted by Gasteiger charge is -2.30. The zero-order valence-corrected chi connectivity index (χ0v) is 12.7. The minimum atomic E-state index is -0.150. The molecular formula is C16H23N5. The molecule has 0 bridgehead atoms. The van der Waals surface area contributed by atoms with Crippen molar-refractivity contribution in [1.29, 1.82) is 0 Å². The zero-order valence-electron chi connectivity index (χ0n) is 12.7. The summed E-state index contributed by atoms with van der Waals surface area (Å²) in [4.78, 5) is 6.48. The highest BCUT2D eigenvalue weighted by molar-refractivity contribution is 5.33. The van der Waals surface area contributed by atoms with Gasteiger partial charge in [-0.25, -0.2) is 9.67 Å². The number of hydrogen-bond donors (Lipinski definition) is 1. The Balaban J connectivity index is 1.68. The van der Waals surface area contributed by atoms with Gasteiger partial charge in [0.15, 0.2) is 0 Å². The summed E-state index contributed by atoms with van der Waals surface area (Å²) in [5.41, 5.74) is 8.38. The van der Waals surface area contributed by atoms with Gasteiger partial charge in [-0.2, -0.15) is 5.10 Å². The maximum Gasteiger partial charge on any atom is 0.138 e. The molecule has 1 aromatic carbocycles. The molecule has 0 amide bonds. The smallest absolute Gasteiger partial charge is 0.138 e. The van der Waals surface area contributed by atoms with Crippen molar-refractivity contribution >= 4 is 0 Å². The lowest BCUT2D eigenvalue weighted by Crippen LogP contribution is -2.45. The molecule has 0 aliphatic heterocycles. The van der Waals surface area contributed by atoms with Crippen molar-refractivity contribution < 1.29 is 0 Å². The quantitative estimate of drug-likeness (QED) is 0.881. The molecule has 0 saturated heterocycles. The Bertz CT molecular complexity index is 564. The van der Waals surface area contributed by atoms with Crippen LogP contribution in [0.15, 0.2) is 36.9 Å². The van der Waals surface area contributed by atoms with Gasteiger partial charge in [0.05, 0.1) is 5.69 Å². The van der Waals surface area contributed by atoms with Crippen LogP contribution < -0.4 is 5.73 Å².